The van der Waals surface area contributed by atoms with Crippen LogP contribution < -0.4 is 5.32 Å². The SMILES string of the molecule is CCCC(NC)C(CC)N(C)CC1CCCN1CC. The molecule has 1 heterocycles. The average Bonchev–Trinajstić information content (AvgIpc) is 2.85. The summed E-state index contributed by atoms with van der Waals surface area (Å²) in [6.07, 6.45) is 6.54. The second-order valence-electron chi connectivity index (χ2n) is 6.02. The van der Waals surface area contributed by atoms with Crippen LogP contribution in [0.3, 0.4) is 0 Å². The first-order valence-electron chi connectivity index (χ1n) is 8.29. The Balaban J connectivity index is 2.54. The molecule has 0 bridgehead atoms. The Morgan fingerprint density at radius 3 is 2.58 bits per heavy atom. The quantitative estimate of drug-likeness (QED) is 0.694. The van der Waals surface area contributed by atoms with Gasteiger partial charge in [0, 0.05) is 24.7 Å². The summed E-state index contributed by atoms with van der Waals surface area (Å²) in [5, 5.41) is 3.53. The molecule has 3 nitrogen and oxygen atoms in total. The van der Waals surface area contributed by atoms with E-state index in [0.29, 0.717) is 12.1 Å². The smallest absolute Gasteiger partial charge is 0.0244 e. The first kappa shape index (κ1) is 16.9. The fraction of sp³-hybridized carbons (Fsp3) is 1.00. The van der Waals surface area contributed by atoms with Gasteiger partial charge in [-0.25, -0.2) is 0 Å². The van der Waals surface area contributed by atoms with Crippen molar-refractivity contribution >= 4 is 0 Å². The van der Waals surface area contributed by atoms with Gasteiger partial charge in [-0.05, 0) is 52.9 Å². The number of hydrogen-bond acceptors (Lipinski definition) is 3. The molecule has 3 unspecified atom stereocenters. The van der Waals surface area contributed by atoms with E-state index in [1.807, 2.05) is 0 Å². The molecule has 19 heavy (non-hydrogen) atoms. The lowest BCUT2D eigenvalue weighted by Gasteiger charge is -2.37. The highest BCUT2D eigenvalue weighted by Gasteiger charge is 2.28. The highest BCUT2D eigenvalue weighted by atomic mass is 15.2. The number of nitrogens with zero attached hydrogens (tertiary/aromatic N) is 2. The molecular weight excluding hydrogens is 234 g/mol. The fourth-order valence-electron chi connectivity index (χ4n) is 3.73. The zero-order valence-corrected chi connectivity index (χ0v) is 13.8. The molecule has 0 aromatic heterocycles. The maximum Gasteiger partial charge on any atom is 0.0244 e. The van der Waals surface area contributed by atoms with E-state index in [2.05, 4.69) is 50.0 Å². The van der Waals surface area contributed by atoms with Gasteiger partial charge in [-0.15, -0.1) is 0 Å². The lowest BCUT2D eigenvalue weighted by molar-refractivity contribution is 0.135. The first-order chi connectivity index (χ1) is 9.17. The zero-order valence-electron chi connectivity index (χ0n) is 13.8. The van der Waals surface area contributed by atoms with Gasteiger partial charge in [0.25, 0.3) is 0 Å². The van der Waals surface area contributed by atoms with Crippen molar-refractivity contribution in [3.63, 3.8) is 0 Å². The van der Waals surface area contributed by atoms with Gasteiger partial charge in [0.05, 0.1) is 0 Å². The van der Waals surface area contributed by atoms with Crippen molar-refractivity contribution in [2.45, 2.75) is 71.0 Å². The lowest BCUT2D eigenvalue weighted by atomic mass is 9.99. The summed E-state index contributed by atoms with van der Waals surface area (Å²) < 4.78 is 0. The monoisotopic (exact) mass is 269 g/mol. The summed E-state index contributed by atoms with van der Waals surface area (Å²) in [5.74, 6) is 0. The standard InChI is InChI=1S/C16H35N3/c1-6-10-15(17-4)16(7-2)18(5)13-14-11-9-12-19(14)8-3/h14-17H,6-13H2,1-5H3. The van der Waals surface area contributed by atoms with E-state index in [0.717, 1.165) is 6.04 Å². The van der Waals surface area contributed by atoms with Crippen LogP contribution in [0.15, 0.2) is 0 Å². The van der Waals surface area contributed by atoms with Crippen molar-refractivity contribution in [3.8, 4) is 0 Å². The van der Waals surface area contributed by atoms with Crippen molar-refractivity contribution in [2.24, 2.45) is 0 Å². The second-order valence-corrected chi connectivity index (χ2v) is 6.02. The Bertz CT molecular complexity index is 232. The lowest BCUT2D eigenvalue weighted by Crippen LogP contribution is -2.50. The normalized spacial score (nSPS) is 24.0. The van der Waals surface area contributed by atoms with E-state index >= 15 is 0 Å². The van der Waals surface area contributed by atoms with Crippen LogP contribution in [0, 0.1) is 0 Å². The van der Waals surface area contributed by atoms with Crippen LogP contribution in [0.5, 0.6) is 0 Å². The predicted octanol–water partition coefficient (Wildman–Crippen LogP) is 2.57. The molecule has 1 aliphatic heterocycles. The Morgan fingerprint density at radius 1 is 1.32 bits per heavy atom. The van der Waals surface area contributed by atoms with E-state index in [9.17, 15) is 0 Å². The molecule has 1 fully saturated rings. The zero-order chi connectivity index (χ0) is 14.3. The minimum atomic E-state index is 0.636. The summed E-state index contributed by atoms with van der Waals surface area (Å²) >= 11 is 0. The second kappa shape index (κ2) is 8.93. The predicted molar refractivity (Wildman–Crippen MR) is 84.7 cm³/mol. The van der Waals surface area contributed by atoms with E-state index in [4.69, 9.17) is 0 Å². The molecule has 3 heteroatoms. The number of hydrogen-bond donors (Lipinski definition) is 1. The molecule has 1 saturated heterocycles. The fourth-order valence-corrected chi connectivity index (χ4v) is 3.73. The molecule has 0 aliphatic carbocycles. The molecule has 1 N–H and O–H groups in total. The van der Waals surface area contributed by atoms with Gasteiger partial charge in [-0.1, -0.05) is 27.2 Å². The molecule has 0 amide bonds. The van der Waals surface area contributed by atoms with Gasteiger partial charge in [0.2, 0.25) is 0 Å². The Hall–Kier alpha value is -0.120. The van der Waals surface area contributed by atoms with Crippen LogP contribution in [0.25, 0.3) is 0 Å². The molecule has 114 valence electrons. The van der Waals surface area contributed by atoms with Crippen molar-refractivity contribution < 1.29 is 0 Å². The van der Waals surface area contributed by atoms with Gasteiger partial charge >= 0.3 is 0 Å². The van der Waals surface area contributed by atoms with Crippen LogP contribution in [0.2, 0.25) is 0 Å². The number of likely N-dealkylation sites (N-methyl/N-ethyl adjacent to an activating group) is 3. The largest absolute Gasteiger partial charge is 0.315 e. The summed E-state index contributed by atoms with van der Waals surface area (Å²) in [4.78, 5) is 5.26. The van der Waals surface area contributed by atoms with Gasteiger partial charge in [-0.2, -0.15) is 0 Å². The number of nitrogens with one attached hydrogen (secondary N) is 1. The van der Waals surface area contributed by atoms with Crippen LogP contribution in [-0.2, 0) is 0 Å². The summed E-state index contributed by atoms with van der Waals surface area (Å²) in [7, 11) is 4.44. The van der Waals surface area contributed by atoms with E-state index in [-0.39, 0.29) is 0 Å². The van der Waals surface area contributed by atoms with Crippen LogP contribution in [0.4, 0.5) is 0 Å². The van der Waals surface area contributed by atoms with Gasteiger partial charge in [0.1, 0.15) is 0 Å². The highest BCUT2D eigenvalue weighted by Crippen LogP contribution is 2.20. The molecule has 3 atom stereocenters. The minimum Gasteiger partial charge on any atom is -0.315 e. The summed E-state index contributed by atoms with van der Waals surface area (Å²) in [6, 6.07) is 2.09. The van der Waals surface area contributed by atoms with Crippen molar-refractivity contribution in [3.05, 3.63) is 0 Å². The maximum atomic E-state index is 3.53. The minimum absolute atomic E-state index is 0.636. The third-order valence-electron chi connectivity index (χ3n) is 4.82. The first-order valence-corrected chi connectivity index (χ1v) is 8.29. The average molecular weight is 269 g/mol. The van der Waals surface area contributed by atoms with Gasteiger partial charge < -0.3 is 10.2 Å². The van der Waals surface area contributed by atoms with E-state index < -0.39 is 0 Å². The van der Waals surface area contributed by atoms with E-state index in [1.54, 1.807) is 0 Å². The van der Waals surface area contributed by atoms with Crippen molar-refractivity contribution in [1.29, 1.82) is 0 Å². The topological polar surface area (TPSA) is 18.5 Å². The van der Waals surface area contributed by atoms with Gasteiger partial charge in [0.15, 0.2) is 0 Å². The molecule has 0 aromatic carbocycles. The number of rotatable bonds is 9. The van der Waals surface area contributed by atoms with Gasteiger partial charge in [-0.3, -0.25) is 4.90 Å². The molecule has 0 aromatic rings. The molecule has 1 rings (SSSR count). The molecule has 0 radical (unpaired) electrons. The van der Waals surface area contributed by atoms with Crippen LogP contribution in [0.1, 0.15) is 52.9 Å². The highest BCUT2D eigenvalue weighted by molar-refractivity contribution is 4.86. The Labute approximate surface area is 120 Å². The van der Waals surface area contributed by atoms with Crippen LogP contribution >= 0.6 is 0 Å². The molecule has 0 spiro atoms. The summed E-state index contributed by atoms with van der Waals surface area (Å²) in [5.41, 5.74) is 0. The van der Waals surface area contributed by atoms with E-state index in [1.165, 1.54) is 51.7 Å². The summed E-state index contributed by atoms with van der Waals surface area (Å²) in [6.45, 7) is 10.6. The van der Waals surface area contributed by atoms with Crippen molar-refractivity contribution in [1.82, 2.24) is 15.1 Å². The third-order valence-corrected chi connectivity index (χ3v) is 4.82. The van der Waals surface area contributed by atoms with Crippen LogP contribution in [-0.4, -0.2) is 61.7 Å². The maximum absolute atomic E-state index is 3.53. The Kier molecular flexibility index (Phi) is 7.96. The number of likely N-dealkylation sites (tertiary alicyclic amines) is 1. The Morgan fingerprint density at radius 2 is 2.05 bits per heavy atom. The molecule has 1 aliphatic rings. The molecule has 0 saturated carbocycles. The van der Waals surface area contributed by atoms with Crippen molar-refractivity contribution in [2.75, 3.05) is 33.7 Å². The molecular formula is C16H35N3. The third kappa shape index (κ3) is 4.73.